The van der Waals surface area contributed by atoms with Crippen molar-refractivity contribution in [1.29, 1.82) is 0 Å². The van der Waals surface area contributed by atoms with Gasteiger partial charge in [-0.25, -0.2) is 0 Å². The lowest BCUT2D eigenvalue weighted by molar-refractivity contribution is 0.868. The van der Waals surface area contributed by atoms with Crippen LogP contribution in [0.25, 0.3) is 0 Å². The summed E-state index contributed by atoms with van der Waals surface area (Å²) in [5.41, 5.74) is 2.31. The van der Waals surface area contributed by atoms with Crippen molar-refractivity contribution in [3.05, 3.63) is 47.1 Å². The highest BCUT2D eigenvalue weighted by Gasteiger charge is 2.06. The lowest BCUT2D eigenvalue weighted by atomic mass is 10.0. The molecular formula is C13H14ClN3. The third-order valence-corrected chi connectivity index (χ3v) is 2.68. The molecule has 0 saturated heterocycles. The molecule has 17 heavy (non-hydrogen) atoms. The maximum atomic E-state index is 5.69. The number of aromatic nitrogens is 2. The van der Waals surface area contributed by atoms with Crippen LogP contribution in [0.15, 0.2) is 36.4 Å². The number of rotatable bonds is 3. The molecule has 0 spiro atoms. The van der Waals surface area contributed by atoms with E-state index in [9.17, 15) is 0 Å². The van der Waals surface area contributed by atoms with Crippen molar-refractivity contribution in [2.75, 3.05) is 5.32 Å². The molecule has 1 N–H and O–H groups in total. The topological polar surface area (TPSA) is 37.8 Å². The Morgan fingerprint density at radius 3 is 2.47 bits per heavy atom. The zero-order valence-corrected chi connectivity index (χ0v) is 10.6. The average molecular weight is 248 g/mol. The average Bonchev–Trinajstić information content (AvgIpc) is 2.32. The molecule has 0 unspecified atom stereocenters. The molecule has 1 aromatic heterocycles. The fraction of sp³-hybridized carbons (Fsp3) is 0.231. The predicted molar refractivity (Wildman–Crippen MR) is 70.9 cm³/mol. The number of benzene rings is 1. The van der Waals surface area contributed by atoms with E-state index in [1.54, 1.807) is 6.07 Å². The number of halogens is 1. The first-order valence-corrected chi connectivity index (χ1v) is 5.90. The highest BCUT2D eigenvalue weighted by Crippen LogP contribution is 2.25. The molecule has 2 rings (SSSR count). The Labute approximate surface area is 106 Å². The standard InChI is InChI=1S/C13H14ClN3/c1-9(2)10-5-3-4-6-11(10)15-13-8-7-12(14)16-17-13/h3-9H,1-2H3,(H,15,17). The molecule has 2 aromatic rings. The summed E-state index contributed by atoms with van der Waals surface area (Å²) in [7, 11) is 0. The van der Waals surface area contributed by atoms with Gasteiger partial charge in [0, 0.05) is 5.69 Å². The smallest absolute Gasteiger partial charge is 0.153 e. The Balaban J connectivity index is 2.26. The minimum absolute atomic E-state index is 0.396. The maximum absolute atomic E-state index is 5.69. The summed E-state index contributed by atoms with van der Waals surface area (Å²) < 4.78 is 0. The van der Waals surface area contributed by atoms with Gasteiger partial charge >= 0.3 is 0 Å². The third kappa shape index (κ3) is 2.94. The fourth-order valence-corrected chi connectivity index (χ4v) is 1.74. The van der Waals surface area contributed by atoms with E-state index in [2.05, 4.69) is 35.4 Å². The molecule has 0 amide bonds. The zero-order valence-electron chi connectivity index (χ0n) is 9.81. The minimum atomic E-state index is 0.396. The van der Waals surface area contributed by atoms with Crippen LogP contribution in [0.5, 0.6) is 0 Å². The summed E-state index contributed by atoms with van der Waals surface area (Å²) >= 11 is 5.69. The molecule has 0 fully saturated rings. The first-order chi connectivity index (χ1) is 8.16. The molecule has 0 aliphatic rings. The fourth-order valence-electron chi connectivity index (χ4n) is 1.63. The van der Waals surface area contributed by atoms with Crippen molar-refractivity contribution in [3.8, 4) is 0 Å². The summed E-state index contributed by atoms with van der Waals surface area (Å²) in [6.45, 7) is 4.32. The van der Waals surface area contributed by atoms with Crippen LogP contribution in [0.4, 0.5) is 11.5 Å². The first-order valence-electron chi connectivity index (χ1n) is 5.52. The summed E-state index contributed by atoms with van der Waals surface area (Å²) in [4.78, 5) is 0. The highest BCUT2D eigenvalue weighted by molar-refractivity contribution is 6.29. The minimum Gasteiger partial charge on any atom is -0.338 e. The van der Waals surface area contributed by atoms with Gasteiger partial charge in [-0.05, 0) is 29.7 Å². The first kappa shape index (κ1) is 11.9. The van der Waals surface area contributed by atoms with Crippen molar-refractivity contribution in [2.24, 2.45) is 0 Å². The van der Waals surface area contributed by atoms with Crippen molar-refractivity contribution in [1.82, 2.24) is 10.2 Å². The van der Waals surface area contributed by atoms with Gasteiger partial charge in [0.25, 0.3) is 0 Å². The Morgan fingerprint density at radius 1 is 1.06 bits per heavy atom. The molecule has 1 heterocycles. The van der Waals surface area contributed by atoms with Crippen LogP contribution in [-0.4, -0.2) is 10.2 Å². The normalized spacial score (nSPS) is 10.6. The van der Waals surface area contributed by atoms with E-state index in [0.29, 0.717) is 16.9 Å². The molecule has 0 atom stereocenters. The Hall–Kier alpha value is -1.61. The molecule has 4 heteroatoms. The van der Waals surface area contributed by atoms with Crippen LogP contribution in [0.2, 0.25) is 5.15 Å². The van der Waals surface area contributed by atoms with Crippen LogP contribution < -0.4 is 5.32 Å². The Kier molecular flexibility index (Phi) is 3.59. The number of hydrogen-bond donors (Lipinski definition) is 1. The summed E-state index contributed by atoms with van der Waals surface area (Å²) in [6.07, 6.45) is 0. The second-order valence-electron chi connectivity index (χ2n) is 4.11. The summed E-state index contributed by atoms with van der Waals surface area (Å²) in [6, 6.07) is 11.7. The molecule has 0 radical (unpaired) electrons. The largest absolute Gasteiger partial charge is 0.338 e. The Morgan fingerprint density at radius 2 is 1.82 bits per heavy atom. The number of nitrogens with one attached hydrogen (secondary N) is 1. The number of hydrogen-bond acceptors (Lipinski definition) is 3. The van der Waals surface area contributed by atoms with E-state index in [1.165, 1.54) is 5.56 Å². The van der Waals surface area contributed by atoms with Gasteiger partial charge in [-0.15, -0.1) is 10.2 Å². The monoisotopic (exact) mass is 247 g/mol. The lowest BCUT2D eigenvalue weighted by Gasteiger charge is -2.13. The van der Waals surface area contributed by atoms with E-state index in [4.69, 9.17) is 11.6 Å². The molecule has 1 aromatic carbocycles. The van der Waals surface area contributed by atoms with Gasteiger partial charge in [0.2, 0.25) is 0 Å². The van der Waals surface area contributed by atoms with E-state index in [0.717, 1.165) is 5.69 Å². The van der Waals surface area contributed by atoms with Crippen molar-refractivity contribution in [3.63, 3.8) is 0 Å². The summed E-state index contributed by atoms with van der Waals surface area (Å²) in [5.74, 6) is 1.15. The Bertz CT molecular complexity index is 494. The van der Waals surface area contributed by atoms with Crippen LogP contribution in [0.3, 0.4) is 0 Å². The molecule has 0 aliphatic carbocycles. The van der Waals surface area contributed by atoms with Gasteiger partial charge in [-0.2, -0.15) is 0 Å². The molecule has 88 valence electrons. The third-order valence-electron chi connectivity index (χ3n) is 2.48. The number of anilines is 2. The molecule has 0 bridgehead atoms. The van der Waals surface area contributed by atoms with Crippen LogP contribution in [0.1, 0.15) is 25.3 Å². The second kappa shape index (κ2) is 5.15. The lowest BCUT2D eigenvalue weighted by Crippen LogP contribution is -1.99. The van der Waals surface area contributed by atoms with Crippen molar-refractivity contribution >= 4 is 23.1 Å². The van der Waals surface area contributed by atoms with Crippen LogP contribution in [-0.2, 0) is 0 Å². The van der Waals surface area contributed by atoms with E-state index in [1.807, 2.05) is 24.3 Å². The summed E-state index contributed by atoms with van der Waals surface area (Å²) in [5, 5.41) is 11.4. The molecule has 0 aliphatic heterocycles. The van der Waals surface area contributed by atoms with Gasteiger partial charge in [0.05, 0.1) is 0 Å². The number of para-hydroxylation sites is 1. The quantitative estimate of drug-likeness (QED) is 0.891. The van der Waals surface area contributed by atoms with Crippen molar-refractivity contribution in [2.45, 2.75) is 19.8 Å². The number of nitrogens with zero attached hydrogens (tertiary/aromatic N) is 2. The van der Waals surface area contributed by atoms with E-state index < -0.39 is 0 Å². The second-order valence-corrected chi connectivity index (χ2v) is 4.50. The highest BCUT2D eigenvalue weighted by atomic mass is 35.5. The van der Waals surface area contributed by atoms with Gasteiger partial charge in [0.1, 0.15) is 0 Å². The molecule has 0 saturated carbocycles. The zero-order chi connectivity index (χ0) is 12.3. The van der Waals surface area contributed by atoms with Gasteiger partial charge in [-0.1, -0.05) is 43.6 Å². The van der Waals surface area contributed by atoms with E-state index in [-0.39, 0.29) is 0 Å². The molecule has 3 nitrogen and oxygen atoms in total. The van der Waals surface area contributed by atoms with E-state index >= 15 is 0 Å². The van der Waals surface area contributed by atoms with Crippen molar-refractivity contribution < 1.29 is 0 Å². The SMILES string of the molecule is CC(C)c1ccccc1Nc1ccc(Cl)nn1. The van der Waals surface area contributed by atoms with Crippen LogP contribution in [0, 0.1) is 0 Å². The van der Waals surface area contributed by atoms with Gasteiger partial charge in [-0.3, -0.25) is 0 Å². The molecular weight excluding hydrogens is 234 g/mol. The maximum Gasteiger partial charge on any atom is 0.153 e. The van der Waals surface area contributed by atoms with Gasteiger partial charge < -0.3 is 5.32 Å². The van der Waals surface area contributed by atoms with Crippen LogP contribution >= 0.6 is 11.6 Å². The predicted octanol–water partition coefficient (Wildman–Crippen LogP) is 4.00. The van der Waals surface area contributed by atoms with Gasteiger partial charge in [0.15, 0.2) is 11.0 Å².